The van der Waals surface area contributed by atoms with E-state index in [-0.39, 0.29) is 0 Å². The fourth-order valence-corrected chi connectivity index (χ4v) is 2.52. The van der Waals surface area contributed by atoms with Gasteiger partial charge in [-0.2, -0.15) is 4.98 Å². The Morgan fingerprint density at radius 2 is 2.15 bits per heavy atom. The standard InChI is InChI=1S/C14H25N5O/c1-11-17-13(20-19-11)9-6-10-16-14(15-2)18-12-7-4-3-5-8-12/h12H,3-10H2,1-2H3,(H2,15,16,18). The number of hydrogen-bond acceptors (Lipinski definition) is 4. The Morgan fingerprint density at radius 3 is 2.80 bits per heavy atom. The van der Waals surface area contributed by atoms with Gasteiger partial charge in [-0.1, -0.05) is 24.4 Å². The van der Waals surface area contributed by atoms with Gasteiger partial charge in [0.25, 0.3) is 0 Å². The Morgan fingerprint density at radius 1 is 1.35 bits per heavy atom. The first kappa shape index (κ1) is 14.8. The third kappa shape index (κ3) is 4.83. The number of nitrogens with zero attached hydrogens (tertiary/aromatic N) is 3. The number of aryl methyl sites for hydroxylation is 2. The van der Waals surface area contributed by atoms with Gasteiger partial charge in [0.05, 0.1) is 0 Å². The number of aliphatic imine (C=N–C) groups is 1. The number of nitrogens with one attached hydrogen (secondary N) is 2. The first-order valence-electron chi connectivity index (χ1n) is 7.54. The molecule has 6 heteroatoms. The molecule has 20 heavy (non-hydrogen) atoms. The Balaban J connectivity index is 1.63. The lowest BCUT2D eigenvalue weighted by atomic mass is 9.96. The lowest BCUT2D eigenvalue weighted by molar-refractivity contribution is 0.371. The van der Waals surface area contributed by atoms with Gasteiger partial charge < -0.3 is 15.2 Å². The van der Waals surface area contributed by atoms with Crippen LogP contribution >= 0.6 is 0 Å². The highest BCUT2D eigenvalue weighted by Crippen LogP contribution is 2.17. The van der Waals surface area contributed by atoms with Crippen molar-refractivity contribution in [1.29, 1.82) is 0 Å². The summed E-state index contributed by atoms with van der Waals surface area (Å²) in [5.41, 5.74) is 0. The molecular weight excluding hydrogens is 254 g/mol. The van der Waals surface area contributed by atoms with Crippen molar-refractivity contribution >= 4 is 5.96 Å². The maximum Gasteiger partial charge on any atom is 0.226 e. The molecule has 0 unspecified atom stereocenters. The summed E-state index contributed by atoms with van der Waals surface area (Å²) in [6.07, 6.45) is 8.27. The molecule has 1 fully saturated rings. The van der Waals surface area contributed by atoms with Crippen molar-refractivity contribution in [1.82, 2.24) is 20.8 Å². The zero-order valence-electron chi connectivity index (χ0n) is 12.5. The van der Waals surface area contributed by atoms with Crippen molar-refractivity contribution < 1.29 is 4.52 Å². The van der Waals surface area contributed by atoms with Crippen molar-refractivity contribution in [3.63, 3.8) is 0 Å². The van der Waals surface area contributed by atoms with E-state index in [0.29, 0.717) is 17.8 Å². The molecule has 0 amide bonds. The molecule has 0 bridgehead atoms. The van der Waals surface area contributed by atoms with Gasteiger partial charge in [-0.15, -0.1) is 0 Å². The molecule has 1 aromatic heterocycles. The minimum atomic E-state index is 0.577. The van der Waals surface area contributed by atoms with E-state index in [1.54, 1.807) is 0 Å². The maximum atomic E-state index is 5.08. The molecule has 1 heterocycles. The fourth-order valence-electron chi connectivity index (χ4n) is 2.52. The predicted molar refractivity (Wildman–Crippen MR) is 78.7 cm³/mol. The average Bonchev–Trinajstić information content (AvgIpc) is 2.89. The Bertz CT molecular complexity index is 423. The van der Waals surface area contributed by atoms with E-state index in [4.69, 9.17) is 4.52 Å². The highest BCUT2D eigenvalue weighted by atomic mass is 16.5. The third-order valence-electron chi connectivity index (χ3n) is 3.60. The van der Waals surface area contributed by atoms with E-state index < -0.39 is 0 Å². The van der Waals surface area contributed by atoms with Crippen LogP contribution in [-0.4, -0.2) is 35.7 Å². The lowest BCUT2D eigenvalue weighted by Gasteiger charge is -2.24. The summed E-state index contributed by atoms with van der Waals surface area (Å²) in [6.45, 7) is 2.69. The van der Waals surface area contributed by atoms with Crippen LogP contribution in [0.25, 0.3) is 0 Å². The monoisotopic (exact) mass is 279 g/mol. The lowest BCUT2D eigenvalue weighted by Crippen LogP contribution is -2.44. The highest BCUT2D eigenvalue weighted by Gasteiger charge is 2.14. The van der Waals surface area contributed by atoms with Crippen LogP contribution in [0.1, 0.15) is 50.2 Å². The van der Waals surface area contributed by atoms with E-state index in [1.165, 1.54) is 32.1 Å². The molecule has 1 aromatic rings. The van der Waals surface area contributed by atoms with Gasteiger partial charge >= 0.3 is 0 Å². The smallest absolute Gasteiger partial charge is 0.226 e. The summed E-state index contributed by atoms with van der Waals surface area (Å²) in [5, 5.41) is 10.6. The van der Waals surface area contributed by atoms with Crippen LogP contribution in [0.15, 0.2) is 9.52 Å². The molecule has 0 spiro atoms. The van der Waals surface area contributed by atoms with Crippen LogP contribution in [0.2, 0.25) is 0 Å². The molecule has 6 nitrogen and oxygen atoms in total. The first-order valence-corrected chi connectivity index (χ1v) is 7.54. The van der Waals surface area contributed by atoms with Crippen LogP contribution in [0.4, 0.5) is 0 Å². The minimum absolute atomic E-state index is 0.577. The summed E-state index contributed by atoms with van der Waals surface area (Å²) in [7, 11) is 1.82. The molecule has 1 saturated carbocycles. The third-order valence-corrected chi connectivity index (χ3v) is 3.60. The van der Waals surface area contributed by atoms with Crippen LogP contribution < -0.4 is 10.6 Å². The molecule has 0 radical (unpaired) electrons. The van der Waals surface area contributed by atoms with E-state index in [2.05, 4.69) is 25.8 Å². The van der Waals surface area contributed by atoms with Crippen molar-refractivity contribution in [2.24, 2.45) is 4.99 Å². The average molecular weight is 279 g/mol. The van der Waals surface area contributed by atoms with Crippen molar-refractivity contribution in [3.8, 4) is 0 Å². The summed E-state index contributed by atoms with van der Waals surface area (Å²) >= 11 is 0. The first-order chi connectivity index (χ1) is 9.78. The zero-order chi connectivity index (χ0) is 14.2. The van der Waals surface area contributed by atoms with E-state index >= 15 is 0 Å². The minimum Gasteiger partial charge on any atom is -0.356 e. The van der Waals surface area contributed by atoms with Crippen molar-refractivity contribution in [3.05, 3.63) is 11.7 Å². The van der Waals surface area contributed by atoms with Crippen LogP contribution in [0.5, 0.6) is 0 Å². The zero-order valence-corrected chi connectivity index (χ0v) is 12.5. The Hall–Kier alpha value is -1.59. The van der Waals surface area contributed by atoms with E-state index in [1.807, 2.05) is 14.0 Å². The quantitative estimate of drug-likeness (QED) is 0.488. The normalized spacial score (nSPS) is 17.2. The fraction of sp³-hybridized carbons (Fsp3) is 0.786. The second-order valence-corrected chi connectivity index (χ2v) is 5.32. The van der Waals surface area contributed by atoms with E-state index in [9.17, 15) is 0 Å². The molecule has 1 aliphatic carbocycles. The van der Waals surface area contributed by atoms with Gasteiger partial charge in [-0.25, -0.2) is 0 Å². The molecule has 0 saturated heterocycles. The predicted octanol–water partition coefficient (Wildman–Crippen LogP) is 1.81. The van der Waals surface area contributed by atoms with Crippen LogP contribution in [0.3, 0.4) is 0 Å². The van der Waals surface area contributed by atoms with E-state index in [0.717, 1.165) is 25.3 Å². The molecule has 0 aliphatic heterocycles. The second-order valence-electron chi connectivity index (χ2n) is 5.32. The summed E-state index contributed by atoms with van der Waals surface area (Å²) in [4.78, 5) is 8.46. The molecule has 0 atom stereocenters. The Labute approximate surface area is 120 Å². The maximum absolute atomic E-state index is 5.08. The van der Waals surface area contributed by atoms with Crippen LogP contribution in [0, 0.1) is 6.92 Å². The topological polar surface area (TPSA) is 75.3 Å². The molecule has 2 N–H and O–H groups in total. The van der Waals surface area contributed by atoms with Crippen molar-refractivity contribution in [2.75, 3.05) is 13.6 Å². The van der Waals surface area contributed by atoms with Gasteiger partial charge in [0, 0.05) is 26.1 Å². The highest BCUT2D eigenvalue weighted by molar-refractivity contribution is 5.79. The largest absolute Gasteiger partial charge is 0.356 e. The summed E-state index contributed by atoms with van der Waals surface area (Å²) in [6, 6.07) is 0.577. The number of hydrogen-bond donors (Lipinski definition) is 2. The molecule has 2 rings (SSSR count). The number of guanidine groups is 1. The second kappa shape index (κ2) is 7.87. The van der Waals surface area contributed by atoms with Gasteiger partial charge in [-0.05, 0) is 26.2 Å². The number of aromatic nitrogens is 2. The molecular formula is C14H25N5O. The number of rotatable bonds is 5. The van der Waals surface area contributed by atoms with Gasteiger partial charge in [-0.3, -0.25) is 4.99 Å². The summed E-state index contributed by atoms with van der Waals surface area (Å²) < 4.78 is 5.08. The summed E-state index contributed by atoms with van der Waals surface area (Å²) in [5.74, 6) is 2.31. The van der Waals surface area contributed by atoms with Crippen molar-refractivity contribution in [2.45, 2.75) is 57.9 Å². The molecule has 1 aliphatic rings. The van der Waals surface area contributed by atoms with Gasteiger partial charge in [0.15, 0.2) is 11.8 Å². The van der Waals surface area contributed by atoms with Gasteiger partial charge in [0.2, 0.25) is 5.89 Å². The SMILES string of the molecule is CN=C(NCCCc1nc(C)no1)NC1CCCCC1. The van der Waals surface area contributed by atoms with Crippen LogP contribution in [-0.2, 0) is 6.42 Å². The Kier molecular flexibility index (Phi) is 5.83. The molecule has 0 aromatic carbocycles. The van der Waals surface area contributed by atoms with Gasteiger partial charge in [0.1, 0.15) is 0 Å². The molecule has 112 valence electrons.